The van der Waals surface area contributed by atoms with Gasteiger partial charge in [0.25, 0.3) is 0 Å². The molecule has 0 aromatic carbocycles. The van der Waals surface area contributed by atoms with Gasteiger partial charge in [0.15, 0.2) is 0 Å². The van der Waals surface area contributed by atoms with Gasteiger partial charge in [0.05, 0.1) is 0 Å². The summed E-state index contributed by atoms with van der Waals surface area (Å²) in [5, 5.41) is -1.92. The number of hydrogen-bond acceptors (Lipinski definition) is 7. The fourth-order valence-corrected chi connectivity index (χ4v) is 5.95. The molecule has 0 saturated carbocycles. The van der Waals surface area contributed by atoms with Gasteiger partial charge in [-0.1, -0.05) is 69.2 Å². The quantitative estimate of drug-likeness (QED) is 0.132. The van der Waals surface area contributed by atoms with Crippen LogP contribution in [0.15, 0.2) is 0 Å². The third-order valence-corrected chi connectivity index (χ3v) is 7.47. The van der Waals surface area contributed by atoms with Gasteiger partial charge in [-0.15, -0.1) is 0 Å². The van der Waals surface area contributed by atoms with Gasteiger partial charge in [0.1, 0.15) is 27.6 Å². The van der Waals surface area contributed by atoms with Crippen LogP contribution in [0.2, 0.25) is 0 Å². The molecule has 0 aliphatic carbocycles. The van der Waals surface area contributed by atoms with Gasteiger partial charge in [-0.25, -0.2) is 8.42 Å². The van der Waals surface area contributed by atoms with Gasteiger partial charge < -0.3 is 14.0 Å². The Kier molecular flexibility index (Phi) is 20.9. The molecule has 220 valence electrons. The molecular weight excluding hydrogens is 515 g/mol. The van der Waals surface area contributed by atoms with Crippen molar-refractivity contribution in [1.29, 1.82) is 0 Å². The van der Waals surface area contributed by atoms with Crippen LogP contribution in [0.1, 0.15) is 121 Å². The summed E-state index contributed by atoms with van der Waals surface area (Å²) in [4.78, 5) is 25.5. The van der Waals surface area contributed by atoms with Crippen molar-refractivity contribution in [2.45, 2.75) is 138 Å². The smallest absolute Gasteiger partial charge is 0.747 e. The predicted octanol–water partition coefficient (Wildman–Crippen LogP) is 3.74. The van der Waals surface area contributed by atoms with Gasteiger partial charge >= 0.3 is 41.5 Å². The average Bonchev–Trinajstić information content (AvgIpc) is 2.64. The van der Waals surface area contributed by atoms with Crippen molar-refractivity contribution in [3.05, 3.63) is 0 Å². The normalized spacial score (nSPS) is 16.2. The first kappa shape index (κ1) is 40.0. The Morgan fingerprint density at radius 2 is 1.00 bits per heavy atom. The summed E-state index contributed by atoms with van der Waals surface area (Å²) in [6.07, 6.45) is 3.04. The monoisotopic (exact) mass is 570 g/mol. The first-order chi connectivity index (χ1) is 16.9. The van der Waals surface area contributed by atoms with E-state index in [4.69, 9.17) is 9.47 Å². The molecule has 0 bridgehead atoms. The number of carbonyl (C=O) groups excluding carboxylic acids is 2. The van der Waals surface area contributed by atoms with Crippen LogP contribution in [0, 0.1) is 35.5 Å². The molecule has 0 amide bonds. The van der Waals surface area contributed by atoms with E-state index in [9.17, 15) is 22.6 Å². The molecule has 0 aromatic heterocycles. The van der Waals surface area contributed by atoms with E-state index >= 15 is 0 Å². The van der Waals surface area contributed by atoms with Crippen LogP contribution < -0.4 is 29.6 Å². The maximum absolute atomic E-state index is 12.9. The Bertz CT molecular complexity index is 765. The molecule has 0 rings (SSSR count). The van der Waals surface area contributed by atoms with Crippen LogP contribution in [0.5, 0.6) is 0 Å². The van der Waals surface area contributed by atoms with E-state index in [1.165, 1.54) is 0 Å². The van der Waals surface area contributed by atoms with Crippen LogP contribution in [-0.4, -0.2) is 42.4 Å². The van der Waals surface area contributed by atoms with Gasteiger partial charge in [0, 0.05) is 6.42 Å². The van der Waals surface area contributed by atoms with Crippen LogP contribution in [0.25, 0.3) is 0 Å². The fraction of sp³-hybridized carbons (Fsp3) is 0.931. The number of rotatable bonds is 19. The Morgan fingerprint density at radius 1 is 0.632 bits per heavy atom. The molecule has 38 heavy (non-hydrogen) atoms. The summed E-state index contributed by atoms with van der Waals surface area (Å²) in [7, 11) is -4.99. The fourth-order valence-electron chi connectivity index (χ4n) is 5.25. The van der Waals surface area contributed by atoms with Crippen molar-refractivity contribution >= 4 is 22.1 Å². The third-order valence-electron chi connectivity index (χ3n) is 6.35. The molecule has 0 aliphatic heterocycles. The summed E-state index contributed by atoms with van der Waals surface area (Å²) in [5.41, 5.74) is 0. The molecule has 0 aromatic rings. The Hall–Kier alpha value is -0.150. The first-order valence-electron chi connectivity index (χ1n) is 14.2. The Balaban J connectivity index is 0. The van der Waals surface area contributed by atoms with Crippen LogP contribution >= 0.6 is 0 Å². The van der Waals surface area contributed by atoms with Crippen LogP contribution in [0.3, 0.4) is 0 Å². The van der Waals surface area contributed by atoms with Crippen LogP contribution in [-0.2, 0) is 29.2 Å². The van der Waals surface area contributed by atoms with Gasteiger partial charge in [0.2, 0.25) is 0 Å². The molecule has 0 spiro atoms. The van der Waals surface area contributed by atoms with E-state index in [1.807, 2.05) is 13.8 Å². The summed E-state index contributed by atoms with van der Waals surface area (Å²) >= 11 is 0. The zero-order valence-corrected chi connectivity index (χ0v) is 28.9. The second kappa shape index (κ2) is 19.8. The van der Waals surface area contributed by atoms with E-state index in [2.05, 4.69) is 55.4 Å². The van der Waals surface area contributed by atoms with Crippen LogP contribution in [0.4, 0.5) is 0 Å². The summed E-state index contributed by atoms with van der Waals surface area (Å²) in [6.45, 7) is 20.9. The molecule has 5 unspecified atom stereocenters. The molecule has 0 N–H and O–H groups in total. The molecule has 0 radical (unpaired) electrons. The van der Waals surface area contributed by atoms with Gasteiger partial charge in [-0.3, -0.25) is 9.59 Å². The topological polar surface area (TPSA) is 110 Å². The molecule has 7 nitrogen and oxygen atoms in total. The maximum atomic E-state index is 12.9. The van der Waals surface area contributed by atoms with E-state index in [1.54, 1.807) is 0 Å². The molecule has 0 heterocycles. The van der Waals surface area contributed by atoms with E-state index in [0.717, 1.165) is 19.3 Å². The molecule has 0 saturated heterocycles. The second-order valence-corrected chi connectivity index (χ2v) is 14.4. The van der Waals surface area contributed by atoms with Gasteiger partial charge in [-0.05, 0) is 80.5 Å². The Labute approximate surface area is 256 Å². The third kappa shape index (κ3) is 19.8. The van der Waals surface area contributed by atoms with E-state index in [0.29, 0.717) is 42.9 Å². The van der Waals surface area contributed by atoms with Gasteiger partial charge in [-0.2, -0.15) is 0 Å². The summed E-state index contributed by atoms with van der Waals surface area (Å²) < 4.78 is 47.2. The first-order valence-corrected chi connectivity index (χ1v) is 15.7. The summed E-state index contributed by atoms with van der Waals surface area (Å²) in [5.74, 6) is 0.582. The molecule has 0 fully saturated rings. The summed E-state index contributed by atoms with van der Waals surface area (Å²) in [6, 6.07) is 0. The largest absolute Gasteiger partial charge is 1.00 e. The van der Waals surface area contributed by atoms with E-state index < -0.39 is 39.8 Å². The molecule has 9 heteroatoms. The number of ether oxygens (including phenoxy) is 2. The van der Waals surface area contributed by atoms with Crippen molar-refractivity contribution < 1.29 is 61.6 Å². The minimum atomic E-state index is -4.99. The zero-order chi connectivity index (χ0) is 28.9. The molecule has 0 aliphatic rings. The number of hydrogen-bond donors (Lipinski definition) is 0. The number of carbonyl (C=O) groups is 2. The standard InChI is InChI=1S/C29H56O7S.Na/c1-19(2)13-23(9)17-25(15-21(5)6)35-28(30)12-11-27(37(32,33)34)29(31)36-26(16-22(7)8)18-24(10)14-20(3)4;/h19-27H,11-18H2,1-10H3,(H,32,33,34);/q;+1/p-1. The second-order valence-electron chi connectivity index (χ2n) is 12.9. The number of esters is 2. The molecule has 5 atom stereocenters. The maximum Gasteiger partial charge on any atom is 1.00 e. The zero-order valence-electron chi connectivity index (χ0n) is 26.1. The van der Waals surface area contributed by atoms with Crippen molar-refractivity contribution in [2.75, 3.05) is 0 Å². The van der Waals surface area contributed by atoms with Crippen molar-refractivity contribution in [1.82, 2.24) is 0 Å². The van der Waals surface area contributed by atoms with Crippen molar-refractivity contribution in [3.63, 3.8) is 0 Å². The molecular formula is C29H55NaO7S. The minimum Gasteiger partial charge on any atom is -0.747 e. The Morgan fingerprint density at radius 3 is 1.34 bits per heavy atom. The average molecular weight is 571 g/mol. The van der Waals surface area contributed by atoms with Crippen molar-refractivity contribution in [3.8, 4) is 0 Å². The predicted molar refractivity (Wildman–Crippen MR) is 148 cm³/mol. The minimum absolute atomic E-state index is 0. The van der Waals surface area contributed by atoms with Crippen molar-refractivity contribution in [2.24, 2.45) is 35.5 Å². The SMILES string of the molecule is CC(C)CC(C)CC(CC(C)C)OC(=O)CCC(C(=O)OC(CC(C)C)CC(C)CC(C)C)S(=O)(=O)[O-].[Na+]. The van der Waals surface area contributed by atoms with E-state index in [-0.39, 0.29) is 53.9 Å².